The van der Waals surface area contributed by atoms with Crippen molar-refractivity contribution in [2.75, 3.05) is 5.32 Å². The van der Waals surface area contributed by atoms with E-state index in [4.69, 9.17) is 0 Å². The van der Waals surface area contributed by atoms with E-state index in [9.17, 15) is 9.59 Å². The third kappa shape index (κ3) is 4.03. The maximum absolute atomic E-state index is 13.1. The molecule has 3 aromatic rings. The second-order valence-electron chi connectivity index (χ2n) is 7.12. The van der Waals surface area contributed by atoms with Gasteiger partial charge in [0.1, 0.15) is 5.56 Å². The van der Waals surface area contributed by atoms with Gasteiger partial charge in [-0.15, -0.1) is 5.10 Å². The van der Waals surface area contributed by atoms with Crippen molar-refractivity contribution in [3.8, 4) is 5.69 Å². The summed E-state index contributed by atoms with van der Waals surface area (Å²) in [4.78, 5) is 25.9. The van der Waals surface area contributed by atoms with E-state index in [1.807, 2.05) is 31.2 Å². The minimum Gasteiger partial charge on any atom is -0.304 e. The molecule has 0 aliphatic rings. The molecule has 1 aromatic carbocycles. The highest BCUT2D eigenvalue weighted by atomic mass is 16.2. The molecular formula is C21H25N5O2. The number of amides is 1. The van der Waals surface area contributed by atoms with Gasteiger partial charge in [-0.2, -0.15) is 0 Å². The van der Waals surface area contributed by atoms with Crippen LogP contribution in [0.1, 0.15) is 54.6 Å². The third-order valence-electron chi connectivity index (χ3n) is 4.58. The van der Waals surface area contributed by atoms with E-state index in [0.717, 1.165) is 17.7 Å². The largest absolute Gasteiger partial charge is 0.304 e. The first-order valence-electron chi connectivity index (χ1n) is 9.44. The lowest BCUT2D eigenvalue weighted by molar-refractivity contribution is 0.102. The van der Waals surface area contributed by atoms with Gasteiger partial charge in [-0.1, -0.05) is 38.1 Å². The molecule has 2 heterocycles. The van der Waals surface area contributed by atoms with Crippen LogP contribution in [0.15, 0.2) is 47.5 Å². The fourth-order valence-corrected chi connectivity index (χ4v) is 3.01. The van der Waals surface area contributed by atoms with Gasteiger partial charge in [0.25, 0.3) is 11.5 Å². The van der Waals surface area contributed by atoms with Gasteiger partial charge < -0.3 is 5.32 Å². The van der Waals surface area contributed by atoms with Crippen LogP contribution in [0, 0.1) is 6.92 Å². The molecule has 0 radical (unpaired) electrons. The lowest BCUT2D eigenvalue weighted by Crippen LogP contribution is -2.29. The summed E-state index contributed by atoms with van der Waals surface area (Å²) in [7, 11) is 0. The molecular weight excluding hydrogens is 354 g/mol. The Labute approximate surface area is 164 Å². The minimum absolute atomic E-state index is 0.0995. The average Bonchev–Trinajstić information content (AvgIpc) is 3.09. The van der Waals surface area contributed by atoms with Gasteiger partial charge in [-0.3, -0.25) is 18.8 Å². The van der Waals surface area contributed by atoms with Gasteiger partial charge in [0, 0.05) is 18.4 Å². The molecule has 146 valence electrons. The van der Waals surface area contributed by atoms with E-state index in [0.29, 0.717) is 23.8 Å². The van der Waals surface area contributed by atoms with Crippen LogP contribution >= 0.6 is 0 Å². The summed E-state index contributed by atoms with van der Waals surface area (Å²) in [6.07, 6.45) is 4.27. The van der Waals surface area contributed by atoms with Crippen molar-refractivity contribution in [2.45, 2.75) is 46.6 Å². The van der Waals surface area contributed by atoms with Crippen molar-refractivity contribution >= 4 is 11.7 Å². The van der Waals surface area contributed by atoms with Crippen molar-refractivity contribution in [3.05, 3.63) is 69.8 Å². The van der Waals surface area contributed by atoms with Crippen molar-refractivity contribution in [3.63, 3.8) is 0 Å². The van der Waals surface area contributed by atoms with E-state index in [1.165, 1.54) is 4.57 Å². The fourth-order valence-electron chi connectivity index (χ4n) is 3.01. The summed E-state index contributed by atoms with van der Waals surface area (Å²) in [5.41, 5.74) is 2.21. The van der Waals surface area contributed by atoms with Gasteiger partial charge >= 0.3 is 0 Å². The van der Waals surface area contributed by atoms with Gasteiger partial charge in [-0.25, -0.2) is 0 Å². The molecule has 0 atom stereocenters. The summed E-state index contributed by atoms with van der Waals surface area (Å²) < 4.78 is 3.16. The van der Waals surface area contributed by atoms with E-state index in [1.54, 1.807) is 30.1 Å². The number of benzene rings is 1. The SMILES string of the molecule is CCCn1cc(NC(=O)c2c(C)ccn(-c3cccc(C(C)C)c3)c2=O)nn1. The molecule has 0 bridgehead atoms. The zero-order valence-electron chi connectivity index (χ0n) is 16.6. The van der Waals surface area contributed by atoms with E-state index in [2.05, 4.69) is 29.5 Å². The number of aryl methyl sites for hydroxylation is 2. The highest BCUT2D eigenvalue weighted by Crippen LogP contribution is 2.18. The maximum atomic E-state index is 13.1. The molecule has 0 spiro atoms. The predicted molar refractivity (Wildman–Crippen MR) is 109 cm³/mol. The third-order valence-corrected chi connectivity index (χ3v) is 4.58. The Balaban J connectivity index is 1.95. The van der Waals surface area contributed by atoms with Crippen LogP contribution in [-0.2, 0) is 6.54 Å². The van der Waals surface area contributed by atoms with E-state index >= 15 is 0 Å². The monoisotopic (exact) mass is 379 g/mol. The molecule has 7 heteroatoms. The smallest absolute Gasteiger partial charge is 0.268 e. The van der Waals surface area contributed by atoms with Crippen LogP contribution in [0.4, 0.5) is 5.82 Å². The normalized spacial score (nSPS) is 11.0. The lowest BCUT2D eigenvalue weighted by Gasteiger charge is -2.12. The standard InChI is InChI=1S/C21H25N5O2/c1-5-10-25-13-18(23-24-25)22-20(27)19-15(4)9-11-26(21(19)28)17-8-6-7-16(12-17)14(2)3/h6-9,11-14H,5,10H2,1-4H3,(H,22,27). The molecule has 2 aromatic heterocycles. The zero-order chi connectivity index (χ0) is 20.3. The molecule has 1 amide bonds. The van der Waals surface area contributed by atoms with Gasteiger partial charge in [0.2, 0.25) is 0 Å². The van der Waals surface area contributed by atoms with Gasteiger partial charge in [0.05, 0.1) is 6.20 Å². The number of rotatable bonds is 6. The Bertz CT molecular complexity index is 1050. The predicted octanol–water partition coefficient (Wildman–Crippen LogP) is 3.52. The van der Waals surface area contributed by atoms with E-state index in [-0.39, 0.29) is 11.1 Å². The minimum atomic E-state index is -0.486. The number of pyridine rings is 1. The first-order valence-corrected chi connectivity index (χ1v) is 9.44. The molecule has 1 N–H and O–H groups in total. The molecule has 0 saturated carbocycles. The summed E-state index contributed by atoms with van der Waals surface area (Å²) in [5, 5.41) is 10.6. The van der Waals surface area contributed by atoms with Crippen molar-refractivity contribution < 1.29 is 4.79 Å². The number of carbonyl (C=O) groups is 1. The number of hydrogen-bond donors (Lipinski definition) is 1. The Morgan fingerprint density at radius 2 is 2.04 bits per heavy atom. The summed E-state index contributed by atoms with van der Waals surface area (Å²) in [6, 6.07) is 9.55. The Hall–Kier alpha value is -3.22. The first kappa shape index (κ1) is 19.5. The topological polar surface area (TPSA) is 81.8 Å². The maximum Gasteiger partial charge on any atom is 0.268 e. The van der Waals surface area contributed by atoms with E-state index < -0.39 is 5.91 Å². The molecule has 0 fully saturated rings. The molecule has 0 saturated heterocycles. The molecule has 0 unspecified atom stereocenters. The Morgan fingerprint density at radius 1 is 1.25 bits per heavy atom. The van der Waals surface area contributed by atoms with Crippen molar-refractivity contribution in [1.29, 1.82) is 0 Å². The summed E-state index contributed by atoms with van der Waals surface area (Å²) in [5.74, 6) is 0.185. The number of anilines is 1. The number of carbonyl (C=O) groups excluding carboxylic acids is 1. The molecule has 0 aliphatic carbocycles. The Morgan fingerprint density at radius 3 is 2.75 bits per heavy atom. The number of aromatic nitrogens is 4. The van der Waals surface area contributed by atoms with Crippen LogP contribution in [0.2, 0.25) is 0 Å². The van der Waals surface area contributed by atoms with Crippen molar-refractivity contribution in [2.24, 2.45) is 0 Å². The van der Waals surface area contributed by atoms with Crippen LogP contribution in [-0.4, -0.2) is 25.5 Å². The van der Waals surface area contributed by atoms with Gasteiger partial charge in [-0.05, 0) is 48.6 Å². The van der Waals surface area contributed by atoms with Crippen LogP contribution < -0.4 is 10.9 Å². The van der Waals surface area contributed by atoms with Crippen LogP contribution in [0.5, 0.6) is 0 Å². The van der Waals surface area contributed by atoms with Crippen LogP contribution in [0.3, 0.4) is 0 Å². The van der Waals surface area contributed by atoms with Gasteiger partial charge in [0.15, 0.2) is 5.82 Å². The van der Waals surface area contributed by atoms with Crippen molar-refractivity contribution in [1.82, 2.24) is 19.6 Å². The number of hydrogen-bond acceptors (Lipinski definition) is 4. The fraction of sp³-hybridized carbons (Fsp3) is 0.333. The number of nitrogens with one attached hydrogen (secondary N) is 1. The molecule has 0 aliphatic heterocycles. The first-order chi connectivity index (χ1) is 13.4. The average molecular weight is 379 g/mol. The molecule has 3 rings (SSSR count). The quantitative estimate of drug-likeness (QED) is 0.710. The summed E-state index contributed by atoms with van der Waals surface area (Å²) >= 11 is 0. The lowest BCUT2D eigenvalue weighted by atomic mass is 10.0. The zero-order valence-corrected chi connectivity index (χ0v) is 16.6. The van der Waals surface area contributed by atoms with Crippen LogP contribution in [0.25, 0.3) is 5.69 Å². The molecule has 7 nitrogen and oxygen atoms in total. The second-order valence-corrected chi connectivity index (χ2v) is 7.12. The highest BCUT2D eigenvalue weighted by molar-refractivity contribution is 6.04. The highest BCUT2D eigenvalue weighted by Gasteiger charge is 2.18. The second kappa shape index (κ2) is 8.21. The Kier molecular flexibility index (Phi) is 5.73. The number of nitrogens with zero attached hydrogens (tertiary/aromatic N) is 4. The summed E-state index contributed by atoms with van der Waals surface area (Å²) in [6.45, 7) is 8.69. The molecule has 28 heavy (non-hydrogen) atoms.